The molecule has 0 aliphatic carbocycles. The second-order valence-corrected chi connectivity index (χ2v) is 3.79. The fraction of sp³-hybridized carbons (Fsp3) is 0.545. The maximum atomic E-state index is 9.33. The molecule has 2 unspecified atom stereocenters. The van der Waals surface area contributed by atoms with Crippen molar-refractivity contribution in [1.29, 1.82) is 0 Å². The minimum absolute atomic E-state index is 0.250. The second kappa shape index (κ2) is 4.38. The molecule has 72 valence electrons. The Bertz CT molecular complexity index is 271. The maximum Gasteiger partial charge on any atom is 0.0540 e. The highest BCUT2D eigenvalue weighted by atomic mass is 16.3. The number of rotatable bonds is 3. The van der Waals surface area contributed by atoms with Crippen LogP contribution in [0.15, 0.2) is 18.5 Å². The average molecular weight is 179 g/mol. The van der Waals surface area contributed by atoms with E-state index in [1.165, 1.54) is 11.1 Å². The smallest absolute Gasteiger partial charge is 0.0540 e. The van der Waals surface area contributed by atoms with Gasteiger partial charge in [0.05, 0.1) is 6.10 Å². The number of aliphatic hydroxyl groups is 1. The van der Waals surface area contributed by atoms with Crippen molar-refractivity contribution in [1.82, 2.24) is 4.98 Å². The summed E-state index contributed by atoms with van der Waals surface area (Å²) in [4.78, 5) is 4.11. The lowest BCUT2D eigenvalue weighted by Crippen LogP contribution is -2.15. The molecule has 2 atom stereocenters. The van der Waals surface area contributed by atoms with E-state index in [2.05, 4.69) is 11.1 Å². The van der Waals surface area contributed by atoms with E-state index in [0.29, 0.717) is 5.92 Å². The van der Waals surface area contributed by atoms with Gasteiger partial charge in [0.1, 0.15) is 0 Å². The zero-order valence-corrected chi connectivity index (χ0v) is 8.49. The summed E-state index contributed by atoms with van der Waals surface area (Å²) in [6, 6.07) is 2.12. The first-order chi connectivity index (χ1) is 6.09. The molecule has 1 aromatic heterocycles. The zero-order chi connectivity index (χ0) is 9.84. The molecule has 0 aromatic carbocycles. The summed E-state index contributed by atoms with van der Waals surface area (Å²) in [5.41, 5.74) is 2.38. The van der Waals surface area contributed by atoms with Crippen LogP contribution in [0.5, 0.6) is 0 Å². The Kier molecular flexibility index (Phi) is 3.43. The molecule has 0 saturated carbocycles. The summed E-state index contributed by atoms with van der Waals surface area (Å²) in [6.45, 7) is 5.91. The third-order valence-electron chi connectivity index (χ3n) is 2.31. The molecule has 0 aliphatic rings. The van der Waals surface area contributed by atoms with Crippen LogP contribution in [-0.4, -0.2) is 16.2 Å². The molecule has 0 radical (unpaired) electrons. The molecule has 0 saturated heterocycles. The van der Waals surface area contributed by atoms with Crippen molar-refractivity contribution in [3.8, 4) is 0 Å². The molecular weight excluding hydrogens is 162 g/mol. The molecule has 1 aromatic rings. The quantitative estimate of drug-likeness (QED) is 0.769. The van der Waals surface area contributed by atoms with Gasteiger partial charge in [-0.1, -0.05) is 13.0 Å². The van der Waals surface area contributed by atoms with Gasteiger partial charge in [-0.25, -0.2) is 0 Å². The summed E-state index contributed by atoms with van der Waals surface area (Å²) >= 11 is 0. The molecule has 0 aliphatic heterocycles. The van der Waals surface area contributed by atoms with Crippen LogP contribution in [0, 0.1) is 12.8 Å². The lowest BCUT2D eigenvalue weighted by atomic mass is 9.97. The topological polar surface area (TPSA) is 33.1 Å². The molecule has 1 N–H and O–H groups in total. The number of aryl methyl sites for hydroxylation is 1. The van der Waals surface area contributed by atoms with Crippen LogP contribution in [0.2, 0.25) is 0 Å². The minimum atomic E-state index is -0.250. The number of pyridine rings is 1. The van der Waals surface area contributed by atoms with Crippen LogP contribution in [-0.2, 0) is 6.42 Å². The van der Waals surface area contributed by atoms with Gasteiger partial charge in [0.25, 0.3) is 0 Å². The van der Waals surface area contributed by atoms with Crippen LogP contribution >= 0.6 is 0 Å². The van der Waals surface area contributed by atoms with Crippen LogP contribution < -0.4 is 0 Å². The van der Waals surface area contributed by atoms with Gasteiger partial charge in [-0.3, -0.25) is 4.98 Å². The molecule has 0 spiro atoms. The Morgan fingerprint density at radius 1 is 1.38 bits per heavy atom. The highest BCUT2D eigenvalue weighted by molar-refractivity contribution is 5.17. The summed E-state index contributed by atoms with van der Waals surface area (Å²) in [5, 5.41) is 9.33. The normalized spacial score (nSPS) is 15.4. The van der Waals surface area contributed by atoms with Crippen LogP contribution in [0.4, 0.5) is 0 Å². The van der Waals surface area contributed by atoms with E-state index in [1.54, 1.807) is 0 Å². The molecule has 0 fully saturated rings. The predicted molar refractivity (Wildman–Crippen MR) is 53.5 cm³/mol. The Morgan fingerprint density at radius 3 is 2.62 bits per heavy atom. The number of nitrogens with zero attached hydrogens (tertiary/aromatic N) is 1. The number of aliphatic hydroxyl groups excluding tert-OH is 1. The molecule has 1 heterocycles. The van der Waals surface area contributed by atoms with Crippen molar-refractivity contribution in [3.63, 3.8) is 0 Å². The fourth-order valence-corrected chi connectivity index (χ4v) is 1.27. The first-order valence-corrected chi connectivity index (χ1v) is 4.68. The van der Waals surface area contributed by atoms with Crippen molar-refractivity contribution in [3.05, 3.63) is 29.6 Å². The van der Waals surface area contributed by atoms with Gasteiger partial charge in [-0.2, -0.15) is 0 Å². The van der Waals surface area contributed by atoms with Crippen molar-refractivity contribution in [2.24, 2.45) is 5.92 Å². The molecule has 0 bridgehead atoms. The predicted octanol–water partition coefficient (Wildman–Crippen LogP) is 1.95. The van der Waals surface area contributed by atoms with Gasteiger partial charge in [-0.15, -0.1) is 0 Å². The Labute approximate surface area is 79.6 Å². The van der Waals surface area contributed by atoms with Crippen LogP contribution in [0.1, 0.15) is 25.0 Å². The average Bonchev–Trinajstić information content (AvgIpc) is 2.04. The van der Waals surface area contributed by atoms with Crippen LogP contribution in [0.25, 0.3) is 0 Å². The first kappa shape index (κ1) is 10.2. The standard InChI is InChI=1S/C11H17NO/c1-8-4-11(7-12-6-8)5-9(2)10(3)13/h4,6-7,9-10,13H,5H2,1-3H3. The molecule has 13 heavy (non-hydrogen) atoms. The lowest BCUT2D eigenvalue weighted by molar-refractivity contribution is 0.135. The van der Waals surface area contributed by atoms with E-state index >= 15 is 0 Å². The summed E-state index contributed by atoms with van der Waals surface area (Å²) in [6.07, 6.45) is 4.36. The van der Waals surface area contributed by atoms with E-state index in [4.69, 9.17) is 0 Å². The fourth-order valence-electron chi connectivity index (χ4n) is 1.27. The van der Waals surface area contributed by atoms with E-state index in [9.17, 15) is 5.11 Å². The van der Waals surface area contributed by atoms with Gasteiger partial charge in [0, 0.05) is 12.4 Å². The van der Waals surface area contributed by atoms with E-state index in [1.807, 2.05) is 33.2 Å². The molecule has 2 heteroatoms. The Morgan fingerprint density at radius 2 is 2.08 bits per heavy atom. The number of hydrogen-bond acceptors (Lipinski definition) is 2. The molecule has 1 rings (SSSR count). The Balaban J connectivity index is 2.64. The van der Waals surface area contributed by atoms with E-state index < -0.39 is 0 Å². The second-order valence-electron chi connectivity index (χ2n) is 3.79. The number of hydrogen-bond donors (Lipinski definition) is 1. The van der Waals surface area contributed by atoms with E-state index in [-0.39, 0.29) is 6.10 Å². The lowest BCUT2D eigenvalue weighted by Gasteiger charge is -2.14. The highest BCUT2D eigenvalue weighted by Crippen LogP contribution is 2.11. The van der Waals surface area contributed by atoms with Gasteiger partial charge in [-0.05, 0) is 37.3 Å². The summed E-state index contributed by atoms with van der Waals surface area (Å²) in [7, 11) is 0. The minimum Gasteiger partial charge on any atom is -0.393 e. The SMILES string of the molecule is Cc1cncc(CC(C)C(C)O)c1. The van der Waals surface area contributed by atoms with Crippen molar-refractivity contribution >= 4 is 0 Å². The summed E-state index contributed by atoms with van der Waals surface area (Å²) in [5.74, 6) is 0.295. The Hall–Kier alpha value is -0.890. The summed E-state index contributed by atoms with van der Waals surface area (Å²) < 4.78 is 0. The van der Waals surface area contributed by atoms with E-state index in [0.717, 1.165) is 6.42 Å². The largest absolute Gasteiger partial charge is 0.393 e. The van der Waals surface area contributed by atoms with Crippen molar-refractivity contribution in [2.45, 2.75) is 33.3 Å². The molecule has 2 nitrogen and oxygen atoms in total. The van der Waals surface area contributed by atoms with Gasteiger partial charge in [0.2, 0.25) is 0 Å². The third kappa shape index (κ3) is 3.15. The zero-order valence-electron chi connectivity index (χ0n) is 8.49. The highest BCUT2D eigenvalue weighted by Gasteiger charge is 2.09. The maximum absolute atomic E-state index is 9.33. The van der Waals surface area contributed by atoms with Crippen molar-refractivity contribution in [2.75, 3.05) is 0 Å². The monoisotopic (exact) mass is 179 g/mol. The number of aromatic nitrogens is 1. The van der Waals surface area contributed by atoms with Gasteiger partial charge in [0.15, 0.2) is 0 Å². The third-order valence-corrected chi connectivity index (χ3v) is 2.31. The van der Waals surface area contributed by atoms with Crippen molar-refractivity contribution < 1.29 is 5.11 Å². The first-order valence-electron chi connectivity index (χ1n) is 4.68. The van der Waals surface area contributed by atoms with Crippen LogP contribution in [0.3, 0.4) is 0 Å². The molecular formula is C11H17NO. The van der Waals surface area contributed by atoms with Gasteiger partial charge >= 0.3 is 0 Å². The van der Waals surface area contributed by atoms with Gasteiger partial charge < -0.3 is 5.11 Å². The molecule has 0 amide bonds.